The van der Waals surface area contributed by atoms with Gasteiger partial charge in [-0.3, -0.25) is 19.3 Å². The number of thiophene rings is 1. The van der Waals surface area contributed by atoms with Crippen LogP contribution in [0.4, 0.5) is 10.7 Å². The molecular formula is C49H46N4O6S2. The first-order chi connectivity index (χ1) is 29.8. The fourth-order valence-electron chi connectivity index (χ4n) is 6.87. The van der Waals surface area contributed by atoms with Crippen molar-refractivity contribution < 1.29 is 28.7 Å². The number of anilines is 2. The van der Waals surface area contributed by atoms with Crippen molar-refractivity contribution in [3.63, 3.8) is 0 Å². The Morgan fingerprint density at radius 3 is 2.20 bits per heavy atom. The fourth-order valence-corrected chi connectivity index (χ4v) is 9.17. The highest BCUT2D eigenvalue weighted by atomic mass is 32.2. The molecule has 0 bridgehead atoms. The number of benzene rings is 5. The van der Waals surface area contributed by atoms with Crippen molar-refractivity contribution in [2.24, 2.45) is 0 Å². The lowest BCUT2D eigenvalue weighted by Crippen LogP contribution is -2.30. The topological polar surface area (TPSA) is 126 Å². The van der Waals surface area contributed by atoms with E-state index in [9.17, 15) is 19.2 Å². The monoisotopic (exact) mass is 850 g/mol. The first-order valence-corrected chi connectivity index (χ1v) is 21.7. The molecule has 1 aliphatic rings. The molecular weight excluding hydrogens is 805 g/mol. The van der Waals surface area contributed by atoms with E-state index in [1.54, 1.807) is 48.5 Å². The highest BCUT2D eigenvalue weighted by molar-refractivity contribution is 8.00. The molecule has 12 heteroatoms. The molecule has 310 valence electrons. The molecule has 1 atom stereocenters. The van der Waals surface area contributed by atoms with Crippen LogP contribution in [0, 0.1) is 0 Å². The van der Waals surface area contributed by atoms with Gasteiger partial charge >= 0.3 is 5.97 Å². The first-order valence-electron chi connectivity index (χ1n) is 20.0. The average molecular weight is 851 g/mol. The highest BCUT2D eigenvalue weighted by Gasteiger charge is 2.31. The number of methoxy groups -OCH3 is 1. The van der Waals surface area contributed by atoms with Crippen molar-refractivity contribution in [3.05, 3.63) is 183 Å². The Kier molecular flexibility index (Phi) is 14.5. The van der Waals surface area contributed by atoms with Crippen LogP contribution in [0.5, 0.6) is 5.75 Å². The van der Waals surface area contributed by atoms with E-state index in [1.165, 1.54) is 35.8 Å². The molecule has 6 aromatic rings. The highest BCUT2D eigenvalue weighted by Crippen LogP contribution is 2.39. The number of esters is 1. The number of nitrogens with one attached hydrogen (secondary N) is 3. The Labute approximate surface area is 364 Å². The number of thioether (sulfide) groups is 1. The molecule has 1 aromatic heterocycles. The van der Waals surface area contributed by atoms with Gasteiger partial charge in [0.15, 0.2) is 0 Å². The lowest BCUT2D eigenvalue weighted by Gasteiger charge is -2.27. The number of rotatable bonds is 16. The zero-order valence-corrected chi connectivity index (χ0v) is 35.5. The quantitative estimate of drug-likeness (QED) is 0.0500. The number of hydrogen-bond acceptors (Lipinski definition) is 9. The van der Waals surface area contributed by atoms with Crippen LogP contribution in [-0.2, 0) is 40.4 Å². The molecule has 10 nitrogen and oxygen atoms in total. The van der Waals surface area contributed by atoms with Crippen molar-refractivity contribution >= 4 is 63.6 Å². The van der Waals surface area contributed by atoms with Crippen LogP contribution in [-0.4, -0.2) is 47.5 Å². The Hall–Kier alpha value is -6.47. The summed E-state index contributed by atoms with van der Waals surface area (Å²) in [7, 11) is 1.36. The van der Waals surface area contributed by atoms with Crippen LogP contribution in [0.25, 0.3) is 6.08 Å². The van der Waals surface area contributed by atoms with Gasteiger partial charge in [0, 0.05) is 40.7 Å². The van der Waals surface area contributed by atoms with Gasteiger partial charge in [-0.05, 0) is 83.6 Å². The summed E-state index contributed by atoms with van der Waals surface area (Å²) in [4.78, 5) is 58.3. The van der Waals surface area contributed by atoms with Gasteiger partial charge in [0.2, 0.25) is 5.91 Å². The molecule has 0 radical (unpaired) electrons. The minimum absolute atomic E-state index is 0.0407. The molecule has 0 saturated heterocycles. The standard InChI is InChI=1S/C49H46N4O6S2/c1-3-42(47(56)52-48-44(49(57)58-2)40-26-27-53(31-43(40)61-48)30-34-14-7-4-8-15-34)60-39-21-13-20-37(29-39)50-46(55)41(51-45(54)36-18-11-6-12-19-36)28-33-22-24-38(25-23-33)59-32-35-16-9-5-10-17-35/h4-25,28-29,42H,3,26-27,30-32H2,1-2H3,(H,50,55)(H,51,54)(H,52,56)/b41-28+. The molecule has 61 heavy (non-hydrogen) atoms. The van der Waals surface area contributed by atoms with Gasteiger partial charge in [0.25, 0.3) is 11.8 Å². The molecule has 7 rings (SSSR count). The van der Waals surface area contributed by atoms with Gasteiger partial charge in [-0.1, -0.05) is 104 Å². The average Bonchev–Trinajstić information content (AvgIpc) is 3.65. The van der Waals surface area contributed by atoms with Crippen LogP contribution in [0.15, 0.2) is 150 Å². The Morgan fingerprint density at radius 2 is 1.51 bits per heavy atom. The normalized spacial score (nSPS) is 13.0. The number of amides is 3. The molecule has 3 N–H and O–H groups in total. The Balaban J connectivity index is 1.04. The molecule has 3 amide bonds. The zero-order valence-electron chi connectivity index (χ0n) is 33.9. The van der Waals surface area contributed by atoms with Crippen LogP contribution in [0.1, 0.15) is 61.2 Å². The number of carbonyl (C=O) groups excluding carboxylic acids is 4. The number of carbonyl (C=O) groups is 4. The molecule has 0 fully saturated rings. The minimum Gasteiger partial charge on any atom is -0.489 e. The van der Waals surface area contributed by atoms with Crippen molar-refractivity contribution in [2.45, 2.75) is 49.6 Å². The molecule has 2 heterocycles. The SMILES string of the molecule is CCC(Sc1cccc(NC(=O)/C(=C\c2ccc(OCc3ccccc3)cc2)NC(=O)c2ccccc2)c1)C(=O)Nc1sc2c(c1C(=O)OC)CCN(Cc1ccccc1)C2. The Morgan fingerprint density at radius 1 is 0.820 bits per heavy atom. The summed E-state index contributed by atoms with van der Waals surface area (Å²) in [6, 6.07) is 43.3. The number of nitrogens with zero attached hydrogens (tertiary/aromatic N) is 1. The van der Waals surface area contributed by atoms with Crippen molar-refractivity contribution in [1.29, 1.82) is 0 Å². The lowest BCUT2D eigenvalue weighted by atomic mass is 10.0. The van der Waals surface area contributed by atoms with Gasteiger partial charge in [-0.2, -0.15) is 0 Å². The van der Waals surface area contributed by atoms with E-state index in [-0.39, 0.29) is 11.6 Å². The second kappa shape index (κ2) is 20.7. The smallest absolute Gasteiger partial charge is 0.341 e. The summed E-state index contributed by atoms with van der Waals surface area (Å²) in [6.07, 6.45) is 2.79. The van der Waals surface area contributed by atoms with Crippen LogP contribution in [0.3, 0.4) is 0 Å². The van der Waals surface area contributed by atoms with Crippen molar-refractivity contribution in [3.8, 4) is 5.75 Å². The van der Waals surface area contributed by atoms with E-state index in [0.717, 1.165) is 34.0 Å². The van der Waals surface area contributed by atoms with E-state index in [4.69, 9.17) is 9.47 Å². The van der Waals surface area contributed by atoms with E-state index in [1.807, 2.05) is 91.9 Å². The lowest BCUT2D eigenvalue weighted by molar-refractivity contribution is -0.116. The molecule has 0 aliphatic carbocycles. The number of fused-ring (bicyclic) bond motifs is 1. The molecule has 1 unspecified atom stereocenters. The summed E-state index contributed by atoms with van der Waals surface area (Å²) in [5.74, 6) is -1.00. The summed E-state index contributed by atoms with van der Waals surface area (Å²) >= 11 is 2.78. The first kappa shape index (κ1) is 42.6. The van der Waals surface area contributed by atoms with E-state index >= 15 is 0 Å². The maximum Gasteiger partial charge on any atom is 0.341 e. The summed E-state index contributed by atoms with van der Waals surface area (Å²) in [5, 5.41) is 8.77. The third-order valence-electron chi connectivity index (χ3n) is 10.0. The van der Waals surface area contributed by atoms with Crippen LogP contribution < -0.4 is 20.7 Å². The van der Waals surface area contributed by atoms with E-state index in [2.05, 4.69) is 33.0 Å². The van der Waals surface area contributed by atoms with Gasteiger partial charge < -0.3 is 25.4 Å². The molecule has 5 aromatic carbocycles. The number of hydrogen-bond donors (Lipinski definition) is 3. The van der Waals surface area contributed by atoms with Crippen LogP contribution >= 0.6 is 23.1 Å². The van der Waals surface area contributed by atoms with Crippen molar-refractivity contribution in [1.82, 2.24) is 10.2 Å². The fraction of sp³-hybridized carbons (Fsp3) is 0.184. The molecule has 1 aliphatic heterocycles. The maximum absolute atomic E-state index is 13.9. The van der Waals surface area contributed by atoms with E-state index in [0.29, 0.717) is 59.1 Å². The zero-order chi connectivity index (χ0) is 42.6. The third kappa shape index (κ3) is 11.4. The van der Waals surface area contributed by atoms with Gasteiger partial charge in [-0.15, -0.1) is 23.1 Å². The third-order valence-corrected chi connectivity index (χ3v) is 12.5. The predicted octanol–water partition coefficient (Wildman–Crippen LogP) is 9.59. The van der Waals surface area contributed by atoms with Crippen molar-refractivity contribution in [2.75, 3.05) is 24.3 Å². The summed E-state index contributed by atoms with van der Waals surface area (Å²) < 4.78 is 11.1. The van der Waals surface area contributed by atoms with Gasteiger partial charge in [0.1, 0.15) is 23.1 Å². The Bertz CT molecular complexity index is 2490. The maximum atomic E-state index is 13.9. The van der Waals surface area contributed by atoms with E-state index < -0.39 is 23.0 Å². The van der Waals surface area contributed by atoms with Gasteiger partial charge in [-0.25, -0.2) is 4.79 Å². The second-order valence-electron chi connectivity index (χ2n) is 14.4. The molecule has 0 saturated carbocycles. The van der Waals surface area contributed by atoms with Crippen LogP contribution in [0.2, 0.25) is 0 Å². The molecule has 0 spiro atoms. The predicted molar refractivity (Wildman–Crippen MR) is 243 cm³/mol. The minimum atomic E-state index is -0.528. The largest absolute Gasteiger partial charge is 0.489 e. The summed E-state index contributed by atoms with van der Waals surface area (Å²) in [6.45, 7) is 4.59. The second-order valence-corrected chi connectivity index (χ2v) is 16.7. The van der Waals surface area contributed by atoms with Gasteiger partial charge in [0.05, 0.1) is 17.9 Å². The number of ether oxygens (including phenoxy) is 2. The summed E-state index contributed by atoms with van der Waals surface area (Å²) in [5.41, 5.74) is 5.22.